The van der Waals surface area contributed by atoms with E-state index < -0.39 is 5.91 Å². The molecule has 2 amide bonds. The number of rotatable bonds is 12. The molecule has 3 rings (SSSR count). The third kappa shape index (κ3) is 8.40. The Kier molecular flexibility index (Phi) is 10.1. The first-order chi connectivity index (χ1) is 17.9. The summed E-state index contributed by atoms with van der Waals surface area (Å²) < 4.78 is 16.8. The van der Waals surface area contributed by atoms with Gasteiger partial charge >= 0.3 is 0 Å². The number of anilines is 1. The van der Waals surface area contributed by atoms with Gasteiger partial charge in [-0.15, -0.1) is 0 Å². The zero-order valence-electron chi connectivity index (χ0n) is 20.6. The molecule has 0 radical (unpaired) electrons. The van der Waals surface area contributed by atoms with Crippen LogP contribution in [-0.4, -0.2) is 37.8 Å². The van der Waals surface area contributed by atoms with Crippen LogP contribution in [0, 0.1) is 6.92 Å². The summed E-state index contributed by atoms with van der Waals surface area (Å²) in [6, 6.07) is 17.2. The van der Waals surface area contributed by atoms with Crippen molar-refractivity contribution >= 4 is 35.3 Å². The van der Waals surface area contributed by atoms with E-state index in [0.717, 1.165) is 5.56 Å². The van der Waals surface area contributed by atoms with Gasteiger partial charge in [0.15, 0.2) is 18.1 Å². The average Bonchev–Trinajstić information content (AvgIpc) is 2.87. The maximum atomic E-state index is 12.6. The molecule has 0 saturated carbocycles. The van der Waals surface area contributed by atoms with E-state index in [0.29, 0.717) is 52.3 Å². The highest BCUT2D eigenvalue weighted by Crippen LogP contribution is 2.28. The SMILES string of the molecule is C=CCOc1ccc(C(=O)N/N=C/c2cc(Cl)ccc2OCC(=O)Nc2cccc(C)c2)cc1OCC. The lowest BCUT2D eigenvalue weighted by atomic mass is 10.2. The first-order valence-corrected chi connectivity index (χ1v) is 11.9. The third-order valence-electron chi connectivity index (χ3n) is 4.86. The molecular formula is C28H28ClN3O5. The van der Waals surface area contributed by atoms with Crippen molar-refractivity contribution in [1.29, 1.82) is 0 Å². The summed E-state index contributed by atoms with van der Waals surface area (Å²) in [6.45, 7) is 7.91. The van der Waals surface area contributed by atoms with Crippen LogP contribution in [0.1, 0.15) is 28.4 Å². The molecule has 0 aliphatic carbocycles. The van der Waals surface area contributed by atoms with Crippen LogP contribution < -0.4 is 25.0 Å². The molecule has 2 N–H and O–H groups in total. The Balaban J connectivity index is 1.64. The van der Waals surface area contributed by atoms with E-state index in [1.165, 1.54) is 6.21 Å². The maximum Gasteiger partial charge on any atom is 0.271 e. The van der Waals surface area contributed by atoms with Gasteiger partial charge in [-0.1, -0.05) is 36.4 Å². The molecule has 0 aromatic heterocycles. The second kappa shape index (κ2) is 13.7. The highest BCUT2D eigenvalue weighted by Gasteiger charge is 2.12. The van der Waals surface area contributed by atoms with Gasteiger partial charge in [-0.3, -0.25) is 9.59 Å². The molecular weight excluding hydrogens is 494 g/mol. The molecule has 0 saturated heterocycles. The predicted molar refractivity (Wildman–Crippen MR) is 145 cm³/mol. The first-order valence-electron chi connectivity index (χ1n) is 11.5. The van der Waals surface area contributed by atoms with Crippen LogP contribution >= 0.6 is 11.6 Å². The largest absolute Gasteiger partial charge is 0.490 e. The molecule has 3 aromatic carbocycles. The van der Waals surface area contributed by atoms with Gasteiger partial charge in [-0.2, -0.15) is 5.10 Å². The Labute approximate surface area is 220 Å². The summed E-state index contributed by atoms with van der Waals surface area (Å²) in [4.78, 5) is 24.9. The van der Waals surface area contributed by atoms with Crippen LogP contribution in [0.15, 0.2) is 78.4 Å². The second-order valence-electron chi connectivity index (χ2n) is 7.78. The molecule has 37 heavy (non-hydrogen) atoms. The minimum atomic E-state index is -0.450. The Morgan fingerprint density at radius 3 is 2.57 bits per heavy atom. The Hall–Kier alpha value is -4.30. The van der Waals surface area contributed by atoms with E-state index in [9.17, 15) is 9.59 Å². The van der Waals surface area contributed by atoms with Crippen LogP contribution in [0.2, 0.25) is 5.02 Å². The van der Waals surface area contributed by atoms with Gasteiger partial charge in [-0.05, 0) is 67.9 Å². The van der Waals surface area contributed by atoms with Crippen LogP contribution in [0.25, 0.3) is 0 Å². The van der Waals surface area contributed by atoms with Gasteiger partial charge in [-0.25, -0.2) is 5.43 Å². The van der Waals surface area contributed by atoms with Crippen LogP contribution in [0.4, 0.5) is 5.69 Å². The summed E-state index contributed by atoms with van der Waals surface area (Å²) in [5.74, 6) is 0.561. The summed E-state index contributed by atoms with van der Waals surface area (Å²) >= 11 is 6.12. The molecule has 0 aliphatic rings. The first kappa shape index (κ1) is 27.3. The molecule has 0 atom stereocenters. The molecule has 8 nitrogen and oxygen atoms in total. The number of hydrazone groups is 1. The zero-order valence-corrected chi connectivity index (χ0v) is 21.4. The van der Waals surface area contributed by atoms with Crippen LogP contribution in [0.3, 0.4) is 0 Å². The standard InChI is InChI=1S/C28H28ClN3O5/c1-4-13-36-25-11-9-20(16-26(25)35-5-2)28(34)32-30-17-21-15-22(29)10-12-24(21)37-18-27(33)31-23-8-6-7-19(3)14-23/h4,6-12,14-17H,1,5,13,18H2,2-3H3,(H,31,33)(H,32,34)/b30-17+. The van der Waals surface area contributed by atoms with Crippen molar-refractivity contribution < 1.29 is 23.8 Å². The summed E-state index contributed by atoms with van der Waals surface area (Å²) in [7, 11) is 0. The minimum Gasteiger partial charge on any atom is -0.490 e. The van der Waals surface area contributed by atoms with Crippen LogP contribution in [0.5, 0.6) is 17.2 Å². The molecule has 3 aromatic rings. The predicted octanol–water partition coefficient (Wildman–Crippen LogP) is 5.39. The Bertz CT molecular complexity index is 1290. The van der Waals surface area contributed by atoms with Crippen molar-refractivity contribution in [2.45, 2.75) is 13.8 Å². The van der Waals surface area contributed by atoms with Gasteiger partial charge < -0.3 is 19.5 Å². The second-order valence-corrected chi connectivity index (χ2v) is 8.22. The van der Waals surface area contributed by atoms with Crippen molar-refractivity contribution in [3.8, 4) is 17.2 Å². The fourth-order valence-electron chi connectivity index (χ4n) is 3.23. The monoisotopic (exact) mass is 521 g/mol. The number of aryl methyl sites for hydroxylation is 1. The number of benzene rings is 3. The molecule has 9 heteroatoms. The van der Waals surface area contributed by atoms with E-state index >= 15 is 0 Å². The lowest BCUT2D eigenvalue weighted by Crippen LogP contribution is -2.20. The van der Waals surface area contributed by atoms with Gasteiger partial charge in [0.2, 0.25) is 0 Å². The number of ether oxygens (including phenoxy) is 3. The topological polar surface area (TPSA) is 98.3 Å². The Morgan fingerprint density at radius 1 is 1.00 bits per heavy atom. The number of nitrogens with one attached hydrogen (secondary N) is 2. The minimum absolute atomic E-state index is 0.219. The summed E-state index contributed by atoms with van der Waals surface area (Å²) in [5, 5.41) is 7.25. The lowest BCUT2D eigenvalue weighted by molar-refractivity contribution is -0.118. The normalized spacial score (nSPS) is 10.6. The smallest absolute Gasteiger partial charge is 0.271 e. The highest BCUT2D eigenvalue weighted by molar-refractivity contribution is 6.30. The summed E-state index contributed by atoms with van der Waals surface area (Å²) in [5.41, 5.74) is 5.00. The number of hydrogen-bond donors (Lipinski definition) is 2. The number of carbonyl (C=O) groups excluding carboxylic acids is 2. The van der Waals surface area contributed by atoms with Crippen molar-refractivity contribution in [2.75, 3.05) is 25.1 Å². The Morgan fingerprint density at radius 2 is 1.81 bits per heavy atom. The maximum absolute atomic E-state index is 12.6. The lowest BCUT2D eigenvalue weighted by Gasteiger charge is -2.12. The third-order valence-corrected chi connectivity index (χ3v) is 5.10. The van der Waals surface area contributed by atoms with E-state index in [1.54, 1.807) is 48.5 Å². The quantitative estimate of drug-likeness (QED) is 0.189. The van der Waals surface area contributed by atoms with E-state index in [-0.39, 0.29) is 12.5 Å². The van der Waals surface area contributed by atoms with Crippen LogP contribution in [-0.2, 0) is 4.79 Å². The van der Waals surface area contributed by atoms with Gasteiger partial charge in [0, 0.05) is 21.8 Å². The molecule has 0 unspecified atom stereocenters. The fraction of sp³-hybridized carbons (Fsp3) is 0.179. The van der Waals surface area contributed by atoms with E-state index in [4.69, 9.17) is 25.8 Å². The van der Waals surface area contributed by atoms with Crippen molar-refractivity contribution in [3.05, 3.63) is 95.0 Å². The average molecular weight is 522 g/mol. The molecule has 0 heterocycles. The summed E-state index contributed by atoms with van der Waals surface area (Å²) in [6.07, 6.45) is 3.01. The number of hydrogen-bond acceptors (Lipinski definition) is 6. The molecule has 0 spiro atoms. The molecule has 192 valence electrons. The van der Waals surface area contributed by atoms with Gasteiger partial charge in [0.05, 0.1) is 12.8 Å². The number of carbonyl (C=O) groups is 2. The highest BCUT2D eigenvalue weighted by atomic mass is 35.5. The van der Waals surface area contributed by atoms with Crippen molar-refractivity contribution in [3.63, 3.8) is 0 Å². The molecule has 0 bridgehead atoms. The number of amides is 2. The van der Waals surface area contributed by atoms with Crippen molar-refractivity contribution in [2.24, 2.45) is 5.10 Å². The van der Waals surface area contributed by atoms with Crippen molar-refractivity contribution in [1.82, 2.24) is 5.43 Å². The number of nitrogens with zero attached hydrogens (tertiary/aromatic N) is 1. The van der Waals surface area contributed by atoms with E-state index in [1.807, 2.05) is 32.0 Å². The van der Waals surface area contributed by atoms with E-state index in [2.05, 4.69) is 22.4 Å². The fourth-order valence-corrected chi connectivity index (χ4v) is 3.41. The molecule has 0 fully saturated rings. The molecule has 0 aliphatic heterocycles. The van der Waals surface area contributed by atoms with Gasteiger partial charge in [0.25, 0.3) is 11.8 Å². The number of halogens is 1. The zero-order chi connectivity index (χ0) is 26.6. The van der Waals surface area contributed by atoms with Gasteiger partial charge in [0.1, 0.15) is 12.4 Å².